The molecular formula is C11H13NO2. The summed E-state index contributed by atoms with van der Waals surface area (Å²) in [5, 5.41) is 9.26. The highest BCUT2D eigenvalue weighted by atomic mass is 16.4. The van der Waals surface area contributed by atoms with Crippen LogP contribution in [0.3, 0.4) is 0 Å². The van der Waals surface area contributed by atoms with Crippen molar-refractivity contribution in [1.29, 1.82) is 0 Å². The lowest BCUT2D eigenvalue weighted by atomic mass is 9.81. The van der Waals surface area contributed by atoms with Gasteiger partial charge in [-0.05, 0) is 37.8 Å². The maximum Gasteiger partial charge on any atom is 0.315 e. The van der Waals surface area contributed by atoms with Crippen LogP contribution < -0.4 is 0 Å². The Labute approximate surface area is 82.8 Å². The number of hydrogen-bond acceptors (Lipinski definition) is 2. The van der Waals surface area contributed by atoms with Crippen LogP contribution in [-0.4, -0.2) is 16.1 Å². The molecule has 1 aliphatic rings. The summed E-state index contributed by atoms with van der Waals surface area (Å²) < 4.78 is 0. The van der Waals surface area contributed by atoms with Gasteiger partial charge in [0.1, 0.15) is 5.41 Å². The number of nitrogens with zero attached hydrogens (tertiary/aromatic N) is 1. The Hall–Kier alpha value is -1.38. The fraction of sp³-hybridized carbons (Fsp3) is 0.455. The van der Waals surface area contributed by atoms with Crippen molar-refractivity contribution in [1.82, 2.24) is 4.98 Å². The summed E-state index contributed by atoms with van der Waals surface area (Å²) in [6.07, 6.45) is 3.65. The molecule has 0 bridgehead atoms. The Morgan fingerprint density at radius 2 is 2.29 bits per heavy atom. The fourth-order valence-corrected chi connectivity index (χ4v) is 1.82. The van der Waals surface area contributed by atoms with Crippen molar-refractivity contribution < 1.29 is 9.90 Å². The number of pyridine rings is 1. The first-order valence-corrected chi connectivity index (χ1v) is 4.80. The van der Waals surface area contributed by atoms with Crippen molar-refractivity contribution in [3.8, 4) is 0 Å². The smallest absolute Gasteiger partial charge is 0.315 e. The van der Waals surface area contributed by atoms with Crippen molar-refractivity contribution in [3.05, 3.63) is 30.1 Å². The molecule has 0 saturated heterocycles. The van der Waals surface area contributed by atoms with Gasteiger partial charge in [-0.1, -0.05) is 6.07 Å². The van der Waals surface area contributed by atoms with Crippen molar-refractivity contribution >= 4 is 5.97 Å². The maximum atomic E-state index is 11.3. The van der Waals surface area contributed by atoms with Crippen LogP contribution in [0.5, 0.6) is 0 Å². The second-order valence-electron chi connectivity index (χ2n) is 4.00. The fourth-order valence-electron chi connectivity index (χ4n) is 1.82. The van der Waals surface area contributed by atoms with Crippen LogP contribution in [0, 0.1) is 5.92 Å². The topological polar surface area (TPSA) is 50.2 Å². The molecule has 0 aromatic carbocycles. The Morgan fingerprint density at radius 1 is 1.57 bits per heavy atom. The summed E-state index contributed by atoms with van der Waals surface area (Å²) in [6.45, 7) is 1.77. The van der Waals surface area contributed by atoms with Crippen LogP contribution in [0.15, 0.2) is 24.4 Å². The number of rotatable bonds is 3. The first-order chi connectivity index (χ1) is 6.65. The second kappa shape index (κ2) is 3.08. The lowest BCUT2D eigenvalue weighted by molar-refractivity contribution is -0.144. The molecule has 1 unspecified atom stereocenters. The van der Waals surface area contributed by atoms with E-state index in [1.165, 1.54) is 0 Å². The minimum absolute atomic E-state index is 0.259. The largest absolute Gasteiger partial charge is 0.481 e. The highest BCUT2D eigenvalue weighted by Gasteiger charge is 2.49. The number of carboxylic acids is 1. The van der Waals surface area contributed by atoms with E-state index in [0.29, 0.717) is 5.69 Å². The molecule has 0 spiro atoms. The first-order valence-electron chi connectivity index (χ1n) is 4.80. The minimum Gasteiger partial charge on any atom is -0.481 e. The van der Waals surface area contributed by atoms with Crippen LogP contribution in [0.1, 0.15) is 25.5 Å². The van der Waals surface area contributed by atoms with E-state index >= 15 is 0 Å². The van der Waals surface area contributed by atoms with E-state index in [0.717, 1.165) is 12.8 Å². The van der Waals surface area contributed by atoms with Crippen LogP contribution in [0.2, 0.25) is 0 Å². The highest BCUT2D eigenvalue weighted by molar-refractivity contribution is 5.81. The number of carboxylic acid groups (broad SMARTS) is 1. The molecule has 1 N–H and O–H groups in total. The van der Waals surface area contributed by atoms with E-state index in [1.54, 1.807) is 25.3 Å². The highest BCUT2D eigenvalue weighted by Crippen LogP contribution is 2.46. The average molecular weight is 191 g/mol. The molecule has 0 radical (unpaired) electrons. The summed E-state index contributed by atoms with van der Waals surface area (Å²) in [5.41, 5.74) is -0.114. The van der Waals surface area contributed by atoms with Crippen LogP contribution in [0.25, 0.3) is 0 Å². The van der Waals surface area contributed by atoms with Crippen LogP contribution >= 0.6 is 0 Å². The zero-order chi connectivity index (χ0) is 10.2. The Kier molecular flexibility index (Phi) is 2.02. The van der Waals surface area contributed by atoms with Crippen molar-refractivity contribution in [2.24, 2.45) is 5.92 Å². The van der Waals surface area contributed by atoms with E-state index in [-0.39, 0.29) is 5.92 Å². The van der Waals surface area contributed by atoms with Gasteiger partial charge in [0.15, 0.2) is 0 Å². The van der Waals surface area contributed by atoms with Gasteiger partial charge < -0.3 is 5.11 Å². The molecule has 1 aliphatic carbocycles. The van der Waals surface area contributed by atoms with Gasteiger partial charge in [-0.3, -0.25) is 9.78 Å². The summed E-state index contributed by atoms with van der Waals surface area (Å²) in [7, 11) is 0. The molecule has 3 nitrogen and oxygen atoms in total. The number of aromatic nitrogens is 1. The molecule has 1 saturated carbocycles. The van der Waals surface area contributed by atoms with E-state index in [2.05, 4.69) is 4.98 Å². The van der Waals surface area contributed by atoms with Gasteiger partial charge in [-0.25, -0.2) is 0 Å². The molecule has 14 heavy (non-hydrogen) atoms. The third-order valence-corrected chi connectivity index (χ3v) is 3.04. The molecule has 1 fully saturated rings. The lowest BCUT2D eigenvalue weighted by Gasteiger charge is -2.23. The van der Waals surface area contributed by atoms with Gasteiger partial charge in [-0.15, -0.1) is 0 Å². The molecule has 1 aromatic heterocycles. The van der Waals surface area contributed by atoms with Crippen molar-refractivity contribution in [2.45, 2.75) is 25.2 Å². The zero-order valence-corrected chi connectivity index (χ0v) is 8.10. The van der Waals surface area contributed by atoms with E-state index in [4.69, 9.17) is 0 Å². The van der Waals surface area contributed by atoms with Gasteiger partial charge in [0.2, 0.25) is 0 Å². The zero-order valence-electron chi connectivity index (χ0n) is 8.10. The normalized spacial score (nSPS) is 20.1. The van der Waals surface area contributed by atoms with Crippen LogP contribution in [0.4, 0.5) is 0 Å². The SMILES string of the molecule is CC(C(=O)O)(c1ccccn1)C1CC1. The number of aliphatic carboxylic acids is 1. The minimum atomic E-state index is -0.790. The summed E-state index contributed by atoms with van der Waals surface area (Å²) >= 11 is 0. The summed E-state index contributed by atoms with van der Waals surface area (Å²) in [4.78, 5) is 15.4. The molecule has 3 heteroatoms. The lowest BCUT2D eigenvalue weighted by Crippen LogP contribution is -2.35. The second-order valence-corrected chi connectivity index (χ2v) is 4.00. The van der Waals surface area contributed by atoms with Crippen molar-refractivity contribution in [3.63, 3.8) is 0 Å². The Morgan fingerprint density at radius 3 is 2.71 bits per heavy atom. The predicted octanol–water partition coefficient (Wildman–Crippen LogP) is 1.83. The third-order valence-electron chi connectivity index (χ3n) is 3.04. The molecule has 2 rings (SSSR count). The molecular weight excluding hydrogens is 178 g/mol. The van der Waals surface area contributed by atoms with E-state index in [1.807, 2.05) is 6.07 Å². The summed E-state index contributed by atoms with van der Waals surface area (Å²) in [6, 6.07) is 5.44. The van der Waals surface area contributed by atoms with Crippen molar-refractivity contribution in [2.75, 3.05) is 0 Å². The van der Waals surface area contributed by atoms with Gasteiger partial charge in [-0.2, -0.15) is 0 Å². The third kappa shape index (κ3) is 1.29. The molecule has 1 heterocycles. The van der Waals surface area contributed by atoms with E-state index < -0.39 is 11.4 Å². The predicted molar refractivity (Wildman–Crippen MR) is 51.9 cm³/mol. The molecule has 74 valence electrons. The van der Waals surface area contributed by atoms with Gasteiger partial charge in [0, 0.05) is 6.20 Å². The first kappa shape index (κ1) is 9.19. The number of hydrogen-bond donors (Lipinski definition) is 1. The molecule has 0 amide bonds. The summed E-state index contributed by atoms with van der Waals surface area (Å²) in [5.74, 6) is -0.506. The van der Waals surface area contributed by atoms with Gasteiger partial charge in [0.05, 0.1) is 5.69 Å². The van der Waals surface area contributed by atoms with Gasteiger partial charge >= 0.3 is 5.97 Å². The standard InChI is InChI=1S/C11H13NO2/c1-11(10(13)14,8-5-6-8)9-4-2-3-7-12-9/h2-4,7-8H,5-6H2,1H3,(H,13,14). The quantitative estimate of drug-likeness (QED) is 0.793. The Bertz CT molecular complexity index is 346. The Balaban J connectivity index is 2.41. The molecule has 1 atom stereocenters. The maximum absolute atomic E-state index is 11.3. The molecule has 1 aromatic rings. The van der Waals surface area contributed by atoms with E-state index in [9.17, 15) is 9.90 Å². The van der Waals surface area contributed by atoms with Crippen LogP contribution in [-0.2, 0) is 10.2 Å². The monoisotopic (exact) mass is 191 g/mol. The van der Waals surface area contributed by atoms with Gasteiger partial charge in [0.25, 0.3) is 0 Å². The molecule has 0 aliphatic heterocycles. The average Bonchev–Trinajstić information content (AvgIpc) is 3.01. The number of carbonyl (C=O) groups is 1.